The average Bonchev–Trinajstić information content (AvgIpc) is 3.09. The lowest BCUT2D eigenvalue weighted by molar-refractivity contribution is -0.123. The zero-order chi connectivity index (χ0) is 13.1. The van der Waals surface area contributed by atoms with Crippen molar-refractivity contribution in [2.75, 3.05) is 11.4 Å². The predicted octanol–water partition coefficient (Wildman–Crippen LogP) is 1.97. The van der Waals surface area contributed by atoms with Crippen LogP contribution in [0.25, 0.3) is 0 Å². The van der Waals surface area contributed by atoms with Crippen LogP contribution in [0, 0.1) is 0 Å². The van der Waals surface area contributed by atoms with Gasteiger partial charge in [0.05, 0.1) is 0 Å². The Morgan fingerprint density at radius 3 is 2.72 bits per heavy atom. The van der Waals surface area contributed by atoms with Crippen LogP contribution < -0.4 is 10.2 Å². The first-order valence-corrected chi connectivity index (χ1v) is 6.27. The summed E-state index contributed by atoms with van der Waals surface area (Å²) in [6.07, 6.45) is 2.06. The third-order valence-electron chi connectivity index (χ3n) is 2.74. The van der Waals surface area contributed by atoms with Crippen molar-refractivity contribution in [3.05, 3.63) is 29.3 Å². The van der Waals surface area contributed by atoms with Gasteiger partial charge in [0.25, 0.3) is 0 Å². The second-order valence-corrected chi connectivity index (χ2v) is 4.86. The highest BCUT2D eigenvalue weighted by atomic mass is 35.5. The van der Waals surface area contributed by atoms with E-state index in [1.165, 1.54) is 11.8 Å². The molecule has 0 spiro atoms. The summed E-state index contributed by atoms with van der Waals surface area (Å²) >= 11 is 5.89. The molecule has 5 heteroatoms. The van der Waals surface area contributed by atoms with Gasteiger partial charge in [-0.25, -0.2) is 0 Å². The Hall–Kier alpha value is -1.55. The van der Waals surface area contributed by atoms with E-state index >= 15 is 0 Å². The lowest BCUT2D eigenvalue weighted by atomic mass is 10.2. The van der Waals surface area contributed by atoms with Gasteiger partial charge in [-0.1, -0.05) is 17.7 Å². The molecule has 1 aliphatic carbocycles. The Kier molecular flexibility index (Phi) is 3.87. The van der Waals surface area contributed by atoms with E-state index in [2.05, 4.69) is 5.32 Å². The molecule has 0 saturated heterocycles. The fraction of sp³-hybridized carbons (Fsp3) is 0.385. The molecule has 0 unspecified atom stereocenters. The van der Waals surface area contributed by atoms with Gasteiger partial charge in [0.15, 0.2) is 0 Å². The molecule has 1 fully saturated rings. The first-order valence-electron chi connectivity index (χ1n) is 5.89. The second kappa shape index (κ2) is 5.40. The maximum Gasteiger partial charge on any atom is 0.240 e. The predicted molar refractivity (Wildman–Crippen MR) is 70.6 cm³/mol. The number of rotatable bonds is 4. The number of carbonyl (C=O) groups excluding carboxylic acids is 2. The summed E-state index contributed by atoms with van der Waals surface area (Å²) in [4.78, 5) is 24.7. The van der Waals surface area contributed by atoms with E-state index in [-0.39, 0.29) is 18.4 Å². The van der Waals surface area contributed by atoms with Gasteiger partial charge in [-0.05, 0) is 31.0 Å². The molecule has 2 rings (SSSR count). The molecule has 18 heavy (non-hydrogen) atoms. The maximum atomic E-state index is 11.7. The average molecular weight is 267 g/mol. The van der Waals surface area contributed by atoms with Gasteiger partial charge in [0, 0.05) is 23.7 Å². The van der Waals surface area contributed by atoms with Crippen LogP contribution in [0.5, 0.6) is 0 Å². The highest BCUT2D eigenvalue weighted by molar-refractivity contribution is 6.30. The fourth-order valence-corrected chi connectivity index (χ4v) is 1.86. The quantitative estimate of drug-likeness (QED) is 0.906. The van der Waals surface area contributed by atoms with Crippen LogP contribution in [-0.2, 0) is 9.59 Å². The summed E-state index contributed by atoms with van der Waals surface area (Å²) in [5, 5.41) is 3.40. The van der Waals surface area contributed by atoms with E-state index in [9.17, 15) is 9.59 Å². The molecule has 2 amide bonds. The van der Waals surface area contributed by atoms with Crippen LogP contribution in [0.4, 0.5) is 5.69 Å². The van der Waals surface area contributed by atoms with Crippen molar-refractivity contribution < 1.29 is 9.59 Å². The van der Waals surface area contributed by atoms with Crippen LogP contribution in [-0.4, -0.2) is 24.4 Å². The Balaban J connectivity index is 2.07. The lowest BCUT2D eigenvalue weighted by Crippen LogP contribution is -2.40. The standard InChI is InChI=1S/C13H15ClN2O2/c1-9(17)16(8-13(18)15-11-5-6-11)12-4-2-3-10(14)7-12/h2-4,7,11H,5-6,8H2,1H3,(H,15,18). The van der Waals surface area contributed by atoms with Crippen molar-refractivity contribution in [1.29, 1.82) is 0 Å². The van der Waals surface area contributed by atoms with E-state index in [0.717, 1.165) is 12.8 Å². The van der Waals surface area contributed by atoms with E-state index in [4.69, 9.17) is 11.6 Å². The third-order valence-corrected chi connectivity index (χ3v) is 2.98. The van der Waals surface area contributed by atoms with Gasteiger partial charge < -0.3 is 10.2 Å². The molecule has 1 aliphatic rings. The van der Waals surface area contributed by atoms with Crippen molar-refractivity contribution in [3.8, 4) is 0 Å². The zero-order valence-corrected chi connectivity index (χ0v) is 10.9. The van der Waals surface area contributed by atoms with Gasteiger partial charge in [-0.2, -0.15) is 0 Å². The Morgan fingerprint density at radius 1 is 1.44 bits per heavy atom. The summed E-state index contributed by atoms with van der Waals surface area (Å²) in [5.74, 6) is -0.309. The van der Waals surface area contributed by atoms with Crippen LogP contribution >= 0.6 is 11.6 Å². The van der Waals surface area contributed by atoms with Crippen LogP contribution in [0.1, 0.15) is 19.8 Å². The second-order valence-electron chi connectivity index (χ2n) is 4.43. The number of nitrogens with zero attached hydrogens (tertiary/aromatic N) is 1. The molecule has 4 nitrogen and oxygen atoms in total. The molecule has 1 saturated carbocycles. The van der Waals surface area contributed by atoms with Gasteiger partial charge in [-0.3, -0.25) is 9.59 Å². The Labute approximate surface area is 111 Å². The Morgan fingerprint density at radius 2 is 2.17 bits per heavy atom. The number of hydrogen-bond donors (Lipinski definition) is 1. The largest absolute Gasteiger partial charge is 0.352 e. The van der Waals surface area contributed by atoms with Gasteiger partial charge in [0.2, 0.25) is 11.8 Å². The van der Waals surface area contributed by atoms with Crippen molar-refractivity contribution in [2.45, 2.75) is 25.8 Å². The molecular formula is C13H15ClN2O2. The van der Waals surface area contributed by atoms with E-state index < -0.39 is 0 Å². The van der Waals surface area contributed by atoms with Gasteiger partial charge >= 0.3 is 0 Å². The smallest absolute Gasteiger partial charge is 0.240 e. The highest BCUT2D eigenvalue weighted by Gasteiger charge is 2.25. The van der Waals surface area contributed by atoms with Crippen LogP contribution in [0.3, 0.4) is 0 Å². The third kappa shape index (κ3) is 3.47. The minimum atomic E-state index is -0.178. The number of carbonyl (C=O) groups is 2. The summed E-state index contributed by atoms with van der Waals surface area (Å²) in [6.45, 7) is 1.47. The number of hydrogen-bond acceptors (Lipinski definition) is 2. The fourth-order valence-electron chi connectivity index (χ4n) is 1.67. The van der Waals surface area contributed by atoms with E-state index in [1.54, 1.807) is 24.3 Å². The summed E-state index contributed by atoms with van der Waals surface area (Å²) in [6, 6.07) is 7.22. The molecule has 0 radical (unpaired) electrons. The molecule has 1 aromatic rings. The first kappa shape index (κ1) is 12.9. The molecule has 0 aliphatic heterocycles. The van der Waals surface area contributed by atoms with Crippen molar-refractivity contribution in [3.63, 3.8) is 0 Å². The van der Waals surface area contributed by atoms with Crippen molar-refractivity contribution in [2.24, 2.45) is 0 Å². The van der Waals surface area contributed by atoms with Crippen molar-refractivity contribution >= 4 is 29.1 Å². The minimum absolute atomic E-state index is 0.0339. The monoisotopic (exact) mass is 266 g/mol. The normalized spacial score (nSPS) is 14.1. The van der Waals surface area contributed by atoms with Gasteiger partial charge in [-0.15, -0.1) is 0 Å². The van der Waals surface area contributed by atoms with E-state index in [0.29, 0.717) is 16.8 Å². The van der Waals surface area contributed by atoms with Crippen LogP contribution in [0.2, 0.25) is 5.02 Å². The lowest BCUT2D eigenvalue weighted by Gasteiger charge is -2.20. The molecule has 96 valence electrons. The molecule has 0 bridgehead atoms. The topological polar surface area (TPSA) is 49.4 Å². The molecule has 0 atom stereocenters. The maximum absolute atomic E-state index is 11.7. The zero-order valence-electron chi connectivity index (χ0n) is 10.1. The number of nitrogens with one attached hydrogen (secondary N) is 1. The van der Waals surface area contributed by atoms with Crippen molar-refractivity contribution in [1.82, 2.24) is 5.32 Å². The first-order chi connectivity index (χ1) is 8.56. The molecule has 0 heterocycles. The highest BCUT2D eigenvalue weighted by Crippen LogP contribution is 2.21. The SMILES string of the molecule is CC(=O)N(CC(=O)NC1CC1)c1cccc(Cl)c1. The number of halogens is 1. The molecule has 0 aromatic heterocycles. The molecular weight excluding hydrogens is 252 g/mol. The summed E-state index contributed by atoms with van der Waals surface area (Å²) in [7, 11) is 0. The summed E-state index contributed by atoms with van der Waals surface area (Å²) < 4.78 is 0. The minimum Gasteiger partial charge on any atom is -0.352 e. The Bertz CT molecular complexity index is 472. The number of anilines is 1. The number of amides is 2. The van der Waals surface area contributed by atoms with Crippen LogP contribution in [0.15, 0.2) is 24.3 Å². The summed E-state index contributed by atoms with van der Waals surface area (Å²) in [5.41, 5.74) is 0.640. The molecule has 1 aromatic carbocycles. The van der Waals surface area contributed by atoms with Gasteiger partial charge in [0.1, 0.15) is 6.54 Å². The van der Waals surface area contributed by atoms with E-state index in [1.807, 2.05) is 0 Å². The molecule has 1 N–H and O–H groups in total. The number of benzene rings is 1.